The number of ether oxygens (including phenoxy) is 1. The summed E-state index contributed by atoms with van der Waals surface area (Å²) in [6, 6.07) is 8.70. The molecule has 8 heteroatoms. The Kier molecular flexibility index (Phi) is 6.26. The molecule has 0 bridgehead atoms. The Morgan fingerprint density at radius 2 is 2.21 bits per heavy atom. The molecule has 0 unspecified atom stereocenters. The van der Waals surface area contributed by atoms with Crippen LogP contribution in [0.2, 0.25) is 5.02 Å². The largest absolute Gasteiger partial charge is 0.495 e. The minimum absolute atomic E-state index is 0.0832. The zero-order valence-corrected chi connectivity index (χ0v) is 16.9. The molecule has 1 aliphatic rings. The van der Waals surface area contributed by atoms with Gasteiger partial charge in [-0.05, 0) is 44.4 Å². The fraction of sp³-hybridized carbons (Fsp3) is 0.400. The summed E-state index contributed by atoms with van der Waals surface area (Å²) in [5.74, 6) is 0.601. The first-order valence-corrected chi connectivity index (χ1v) is 9.40. The van der Waals surface area contributed by atoms with Gasteiger partial charge < -0.3 is 19.4 Å². The molecule has 1 aromatic carbocycles. The van der Waals surface area contributed by atoms with Crippen LogP contribution in [-0.2, 0) is 9.59 Å². The van der Waals surface area contributed by atoms with Gasteiger partial charge in [-0.1, -0.05) is 11.6 Å². The van der Waals surface area contributed by atoms with Gasteiger partial charge in [-0.2, -0.15) is 0 Å². The molecule has 3 rings (SSSR count). The van der Waals surface area contributed by atoms with Crippen molar-refractivity contribution in [2.24, 2.45) is 5.92 Å². The van der Waals surface area contributed by atoms with E-state index >= 15 is 0 Å². The highest BCUT2D eigenvalue weighted by atomic mass is 35.5. The van der Waals surface area contributed by atoms with E-state index in [1.165, 1.54) is 7.11 Å². The van der Waals surface area contributed by atoms with E-state index in [4.69, 9.17) is 20.8 Å². The molecule has 150 valence electrons. The van der Waals surface area contributed by atoms with Crippen molar-refractivity contribution in [3.8, 4) is 5.75 Å². The first-order valence-electron chi connectivity index (χ1n) is 9.02. The van der Waals surface area contributed by atoms with Gasteiger partial charge >= 0.3 is 0 Å². The van der Waals surface area contributed by atoms with Gasteiger partial charge in [0.1, 0.15) is 11.5 Å². The normalized spacial score (nSPS) is 17.8. The van der Waals surface area contributed by atoms with Crippen LogP contribution >= 0.6 is 11.6 Å². The van der Waals surface area contributed by atoms with Gasteiger partial charge in [0.25, 0.3) is 0 Å². The minimum Gasteiger partial charge on any atom is -0.495 e. The molecule has 28 heavy (non-hydrogen) atoms. The summed E-state index contributed by atoms with van der Waals surface area (Å²) in [6.07, 6.45) is 1.76. The molecule has 0 radical (unpaired) electrons. The van der Waals surface area contributed by atoms with Crippen LogP contribution in [0.15, 0.2) is 41.0 Å². The topological polar surface area (TPSA) is 75.0 Å². The number of benzene rings is 1. The number of amides is 2. The fourth-order valence-corrected chi connectivity index (χ4v) is 3.52. The average molecular weight is 406 g/mol. The maximum atomic E-state index is 12.7. The number of likely N-dealkylation sites (N-methyl/N-ethyl adjacent to an activating group) is 1. The molecule has 1 N–H and O–H groups in total. The third kappa shape index (κ3) is 4.31. The molecule has 1 saturated heterocycles. The highest BCUT2D eigenvalue weighted by Crippen LogP contribution is 2.35. The number of hydrogen-bond acceptors (Lipinski definition) is 5. The van der Waals surface area contributed by atoms with Crippen LogP contribution in [0.1, 0.15) is 18.2 Å². The number of nitrogens with zero attached hydrogens (tertiary/aromatic N) is 2. The monoisotopic (exact) mass is 405 g/mol. The summed E-state index contributed by atoms with van der Waals surface area (Å²) in [7, 11) is 5.38. The Labute approximate surface area is 169 Å². The van der Waals surface area contributed by atoms with Crippen LogP contribution in [0.5, 0.6) is 5.75 Å². The smallest absolute Gasteiger partial charge is 0.227 e. The maximum Gasteiger partial charge on any atom is 0.227 e. The predicted molar refractivity (Wildman–Crippen MR) is 107 cm³/mol. The van der Waals surface area contributed by atoms with Gasteiger partial charge in [0.2, 0.25) is 11.8 Å². The lowest BCUT2D eigenvalue weighted by atomic mass is 10.1. The Bertz CT molecular complexity index is 838. The van der Waals surface area contributed by atoms with Gasteiger partial charge in [-0.15, -0.1) is 0 Å². The van der Waals surface area contributed by atoms with Crippen molar-refractivity contribution in [3.63, 3.8) is 0 Å². The number of carbonyl (C=O) groups is 2. The summed E-state index contributed by atoms with van der Waals surface area (Å²) in [5, 5.41) is 3.45. The standard InChI is InChI=1S/C20H24ClN3O4/c1-23(2)16(18-5-4-8-28-18)11-22-20(26)13-9-19(25)24(12-13)15-10-14(21)6-7-17(15)27-3/h4-8,10,13,16H,9,11-12H2,1-3H3,(H,22,26)/t13-,16+/m1/s1. The lowest BCUT2D eigenvalue weighted by molar-refractivity contribution is -0.126. The Morgan fingerprint density at radius 1 is 1.43 bits per heavy atom. The zero-order chi connectivity index (χ0) is 20.3. The van der Waals surface area contributed by atoms with Crippen molar-refractivity contribution in [1.29, 1.82) is 0 Å². The first kappa shape index (κ1) is 20.2. The molecule has 7 nitrogen and oxygen atoms in total. The second-order valence-electron chi connectivity index (χ2n) is 6.96. The number of hydrogen-bond donors (Lipinski definition) is 1. The van der Waals surface area contributed by atoms with E-state index in [0.29, 0.717) is 23.0 Å². The van der Waals surface area contributed by atoms with Crippen molar-refractivity contribution in [3.05, 3.63) is 47.4 Å². The summed E-state index contributed by atoms with van der Waals surface area (Å²) in [6.45, 7) is 0.680. The number of methoxy groups -OCH3 is 1. The van der Waals surface area contributed by atoms with Crippen LogP contribution in [0.4, 0.5) is 5.69 Å². The third-order valence-corrected chi connectivity index (χ3v) is 5.13. The predicted octanol–water partition coefficient (Wildman–Crippen LogP) is 2.71. The fourth-order valence-electron chi connectivity index (χ4n) is 3.35. The first-order chi connectivity index (χ1) is 13.4. The second-order valence-corrected chi connectivity index (χ2v) is 7.40. The van der Waals surface area contributed by atoms with Gasteiger partial charge in [-0.3, -0.25) is 14.5 Å². The quantitative estimate of drug-likeness (QED) is 0.766. The molecule has 0 saturated carbocycles. The van der Waals surface area contributed by atoms with E-state index in [2.05, 4.69) is 5.32 Å². The van der Waals surface area contributed by atoms with Crippen LogP contribution in [0.3, 0.4) is 0 Å². The summed E-state index contributed by atoms with van der Waals surface area (Å²) in [5.41, 5.74) is 0.581. The van der Waals surface area contributed by atoms with Gasteiger partial charge in [0, 0.05) is 24.5 Å². The molecular weight excluding hydrogens is 382 g/mol. The van der Waals surface area contributed by atoms with E-state index in [0.717, 1.165) is 5.76 Å². The number of halogens is 1. The van der Waals surface area contributed by atoms with E-state index in [-0.39, 0.29) is 30.8 Å². The number of anilines is 1. The third-order valence-electron chi connectivity index (χ3n) is 4.89. The highest BCUT2D eigenvalue weighted by molar-refractivity contribution is 6.31. The number of furan rings is 1. The Hall–Kier alpha value is -2.51. The highest BCUT2D eigenvalue weighted by Gasteiger charge is 2.36. The Balaban J connectivity index is 1.66. The van der Waals surface area contributed by atoms with Crippen molar-refractivity contribution in [1.82, 2.24) is 10.2 Å². The Morgan fingerprint density at radius 3 is 2.86 bits per heavy atom. The molecule has 1 aromatic heterocycles. The van der Waals surface area contributed by atoms with Crippen molar-refractivity contribution in [2.45, 2.75) is 12.5 Å². The van der Waals surface area contributed by atoms with Crippen LogP contribution in [-0.4, -0.2) is 51.0 Å². The molecule has 1 fully saturated rings. The molecule has 0 aliphatic carbocycles. The van der Waals surface area contributed by atoms with Gasteiger partial charge in [-0.25, -0.2) is 0 Å². The lowest BCUT2D eigenvalue weighted by Gasteiger charge is -2.23. The minimum atomic E-state index is -0.435. The van der Waals surface area contributed by atoms with Crippen molar-refractivity contribution < 1.29 is 18.7 Å². The zero-order valence-electron chi connectivity index (χ0n) is 16.1. The molecule has 2 amide bonds. The molecule has 2 aromatic rings. The number of nitrogens with one attached hydrogen (secondary N) is 1. The van der Waals surface area contributed by atoms with E-state index in [1.807, 2.05) is 31.1 Å². The maximum absolute atomic E-state index is 12.7. The molecule has 2 atom stereocenters. The number of carbonyl (C=O) groups excluding carboxylic acids is 2. The average Bonchev–Trinajstić information content (AvgIpc) is 3.31. The van der Waals surface area contributed by atoms with Crippen LogP contribution in [0, 0.1) is 5.92 Å². The SMILES string of the molecule is COc1ccc(Cl)cc1N1C[C@H](C(=O)NC[C@@H](c2ccco2)N(C)C)CC1=O. The van der Waals surface area contributed by atoms with Crippen LogP contribution in [0.25, 0.3) is 0 Å². The summed E-state index contributed by atoms with van der Waals surface area (Å²) >= 11 is 6.08. The molecule has 2 heterocycles. The van der Waals surface area contributed by atoms with E-state index in [1.54, 1.807) is 29.4 Å². The van der Waals surface area contributed by atoms with Crippen LogP contribution < -0.4 is 15.0 Å². The lowest BCUT2D eigenvalue weighted by Crippen LogP contribution is -2.38. The van der Waals surface area contributed by atoms with Gasteiger partial charge in [0.05, 0.1) is 31.0 Å². The van der Waals surface area contributed by atoms with Gasteiger partial charge in [0.15, 0.2) is 0 Å². The molecular formula is C20H24ClN3O4. The molecule has 1 aliphatic heterocycles. The van der Waals surface area contributed by atoms with Crippen molar-refractivity contribution >= 4 is 29.1 Å². The second kappa shape index (κ2) is 8.67. The van der Waals surface area contributed by atoms with E-state index in [9.17, 15) is 9.59 Å². The molecule has 0 spiro atoms. The van der Waals surface area contributed by atoms with Crippen molar-refractivity contribution in [2.75, 3.05) is 39.2 Å². The summed E-state index contributed by atoms with van der Waals surface area (Å²) in [4.78, 5) is 28.8. The number of rotatable bonds is 7. The summed E-state index contributed by atoms with van der Waals surface area (Å²) < 4.78 is 10.8. The van der Waals surface area contributed by atoms with E-state index < -0.39 is 5.92 Å².